The average Bonchev–Trinajstić information content (AvgIpc) is 2.78. The van der Waals surface area contributed by atoms with E-state index >= 15 is 0 Å². The smallest absolute Gasteiger partial charge is 0.357 e. The average molecular weight is 278 g/mol. The summed E-state index contributed by atoms with van der Waals surface area (Å²) in [7, 11) is 1.63. The van der Waals surface area contributed by atoms with Gasteiger partial charge in [0, 0.05) is 6.42 Å². The summed E-state index contributed by atoms with van der Waals surface area (Å²) < 4.78 is 5.09. The maximum absolute atomic E-state index is 10.8. The number of aromatic carboxylic acids is 1. The molecule has 0 unspecified atom stereocenters. The number of nitrogens with two attached hydrogens (primary N) is 1. The van der Waals surface area contributed by atoms with Gasteiger partial charge in [0.25, 0.3) is 0 Å². The molecule has 100 valence electrons. The summed E-state index contributed by atoms with van der Waals surface area (Å²) in [6.45, 7) is 0. The van der Waals surface area contributed by atoms with Crippen molar-refractivity contribution in [3.8, 4) is 5.75 Å². The second-order valence-electron chi connectivity index (χ2n) is 3.97. The SMILES string of the molecule is COc1ccc(CCc2nc(C(=O)O)c(N)s2)cc1. The number of hydrogen-bond donors (Lipinski definition) is 2. The van der Waals surface area contributed by atoms with E-state index in [0.29, 0.717) is 6.42 Å². The molecule has 1 aromatic heterocycles. The van der Waals surface area contributed by atoms with E-state index < -0.39 is 5.97 Å². The number of rotatable bonds is 5. The largest absolute Gasteiger partial charge is 0.497 e. The van der Waals surface area contributed by atoms with Crippen molar-refractivity contribution in [2.45, 2.75) is 12.8 Å². The van der Waals surface area contributed by atoms with Crippen LogP contribution in [0.25, 0.3) is 0 Å². The van der Waals surface area contributed by atoms with Crippen LogP contribution in [0, 0.1) is 0 Å². The summed E-state index contributed by atoms with van der Waals surface area (Å²) >= 11 is 1.23. The van der Waals surface area contributed by atoms with Crippen LogP contribution in [-0.2, 0) is 12.8 Å². The van der Waals surface area contributed by atoms with Gasteiger partial charge in [0.05, 0.1) is 12.1 Å². The minimum absolute atomic E-state index is 0.0465. The third-order valence-corrected chi connectivity index (χ3v) is 3.63. The van der Waals surface area contributed by atoms with Crippen molar-refractivity contribution < 1.29 is 14.6 Å². The lowest BCUT2D eigenvalue weighted by Crippen LogP contribution is -2.01. The molecule has 3 N–H and O–H groups in total. The maximum atomic E-state index is 10.8. The summed E-state index contributed by atoms with van der Waals surface area (Å²) in [6.07, 6.45) is 1.46. The van der Waals surface area contributed by atoms with Gasteiger partial charge in [-0.2, -0.15) is 0 Å². The Hall–Kier alpha value is -2.08. The van der Waals surface area contributed by atoms with Crippen LogP contribution < -0.4 is 10.5 Å². The lowest BCUT2D eigenvalue weighted by molar-refractivity contribution is 0.0692. The fourth-order valence-corrected chi connectivity index (χ4v) is 2.51. The normalized spacial score (nSPS) is 10.4. The molecule has 2 rings (SSSR count). The molecule has 0 radical (unpaired) electrons. The number of aromatic nitrogens is 1. The summed E-state index contributed by atoms with van der Waals surface area (Å²) in [5, 5.41) is 9.87. The first-order valence-electron chi connectivity index (χ1n) is 5.71. The molecule has 19 heavy (non-hydrogen) atoms. The monoisotopic (exact) mass is 278 g/mol. The first-order chi connectivity index (χ1) is 9.10. The highest BCUT2D eigenvalue weighted by molar-refractivity contribution is 7.15. The number of benzene rings is 1. The highest BCUT2D eigenvalue weighted by Crippen LogP contribution is 2.22. The van der Waals surface area contributed by atoms with Crippen LogP contribution in [0.15, 0.2) is 24.3 Å². The number of carboxylic acids is 1. The Morgan fingerprint density at radius 3 is 2.58 bits per heavy atom. The maximum Gasteiger partial charge on any atom is 0.357 e. The molecule has 0 saturated carbocycles. The molecule has 6 heteroatoms. The number of anilines is 1. The number of methoxy groups -OCH3 is 1. The first-order valence-corrected chi connectivity index (χ1v) is 6.53. The van der Waals surface area contributed by atoms with Crippen molar-refractivity contribution in [3.63, 3.8) is 0 Å². The summed E-state index contributed by atoms with van der Waals surface area (Å²) in [6, 6.07) is 7.75. The molecular weight excluding hydrogens is 264 g/mol. The number of nitrogen functional groups attached to an aromatic ring is 1. The van der Waals surface area contributed by atoms with Crippen LogP contribution in [0.4, 0.5) is 5.00 Å². The van der Waals surface area contributed by atoms with E-state index in [-0.39, 0.29) is 10.7 Å². The molecule has 0 atom stereocenters. The van der Waals surface area contributed by atoms with Crippen LogP contribution in [0.3, 0.4) is 0 Å². The summed E-state index contributed by atoms with van der Waals surface area (Å²) in [5.41, 5.74) is 6.71. The Morgan fingerprint density at radius 1 is 1.37 bits per heavy atom. The van der Waals surface area contributed by atoms with Crippen LogP contribution in [0.2, 0.25) is 0 Å². The molecule has 2 aromatic rings. The van der Waals surface area contributed by atoms with Crippen LogP contribution >= 0.6 is 11.3 Å². The second-order valence-corrected chi connectivity index (χ2v) is 5.09. The third-order valence-electron chi connectivity index (χ3n) is 2.69. The van der Waals surface area contributed by atoms with Gasteiger partial charge in [0.15, 0.2) is 5.69 Å². The van der Waals surface area contributed by atoms with E-state index in [0.717, 1.165) is 22.7 Å². The molecule has 0 spiro atoms. The number of thiazole rings is 1. The van der Waals surface area contributed by atoms with Gasteiger partial charge in [0.1, 0.15) is 10.8 Å². The summed E-state index contributed by atoms with van der Waals surface area (Å²) in [5.74, 6) is -0.264. The van der Waals surface area contributed by atoms with Gasteiger partial charge in [0.2, 0.25) is 0 Å². The van der Waals surface area contributed by atoms with Crippen LogP contribution in [0.5, 0.6) is 5.75 Å². The molecule has 1 aromatic carbocycles. The number of aryl methyl sites for hydroxylation is 2. The summed E-state index contributed by atoms with van der Waals surface area (Å²) in [4.78, 5) is 14.9. The van der Waals surface area contributed by atoms with Crippen molar-refractivity contribution >= 4 is 22.3 Å². The van der Waals surface area contributed by atoms with Crippen molar-refractivity contribution in [3.05, 3.63) is 40.5 Å². The zero-order valence-corrected chi connectivity index (χ0v) is 11.2. The predicted molar refractivity (Wildman–Crippen MR) is 73.9 cm³/mol. The Morgan fingerprint density at radius 2 is 2.05 bits per heavy atom. The quantitative estimate of drug-likeness (QED) is 0.875. The van der Waals surface area contributed by atoms with Gasteiger partial charge in [-0.25, -0.2) is 9.78 Å². The fourth-order valence-electron chi connectivity index (χ4n) is 1.68. The van der Waals surface area contributed by atoms with Gasteiger partial charge in [-0.05, 0) is 24.1 Å². The standard InChI is InChI=1S/C13H14N2O3S/c1-18-9-5-2-8(3-6-9)4-7-10-15-11(13(16)17)12(14)19-10/h2-3,5-6H,4,7,14H2,1H3,(H,16,17). The van der Waals surface area contributed by atoms with E-state index in [1.54, 1.807) is 7.11 Å². The Balaban J connectivity index is 2.01. The lowest BCUT2D eigenvalue weighted by Gasteiger charge is -2.02. The highest BCUT2D eigenvalue weighted by Gasteiger charge is 2.14. The minimum atomic E-state index is -1.08. The molecule has 1 heterocycles. The predicted octanol–water partition coefficient (Wildman–Crippen LogP) is 2.22. The molecule has 0 saturated heterocycles. The van der Waals surface area contributed by atoms with Crippen molar-refractivity contribution in [1.82, 2.24) is 4.98 Å². The Bertz CT molecular complexity index is 578. The second kappa shape index (κ2) is 5.71. The van der Waals surface area contributed by atoms with Crippen LogP contribution in [0.1, 0.15) is 21.1 Å². The lowest BCUT2D eigenvalue weighted by atomic mass is 10.1. The molecule has 0 bridgehead atoms. The molecule has 5 nitrogen and oxygen atoms in total. The molecule has 0 aliphatic rings. The van der Waals surface area contributed by atoms with Gasteiger partial charge in [-0.1, -0.05) is 12.1 Å². The fraction of sp³-hybridized carbons (Fsp3) is 0.231. The highest BCUT2D eigenvalue weighted by atomic mass is 32.1. The molecule has 0 amide bonds. The topological polar surface area (TPSA) is 85.4 Å². The number of nitrogens with zero attached hydrogens (tertiary/aromatic N) is 1. The molecule has 0 fully saturated rings. The first kappa shape index (κ1) is 13.4. The van der Waals surface area contributed by atoms with E-state index in [2.05, 4.69) is 4.98 Å². The van der Waals surface area contributed by atoms with E-state index in [1.165, 1.54) is 11.3 Å². The van der Waals surface area contributed by atoms with Gasteiger partial charge in [-0.3, -0.25) is 0 Å². The number of ether oxygens (including phenoxy) is 1. The van der Waals surface area contributed by atoms with Crippen molar-refractivity contribution in [2.24, 2.45) is 0 Å². The molecule has 0 aliphatic carbocycles. The van der Waals surface area contributed by atoms with E-state index in [4.69, 9.17) is 15.6 Å². The van der Waals surface area contributed by atoms with Crippen molar-refractivity contribution in [1.29, 1.82) is 0 Å². The van der Waals surface area contributed by atoms with E-state index in [1.807, 2.05) is 24.3 Å². The van der Waals surface area contributed by atoms with E-state index in [9.17, 15) is 4.79 Å². The van der Waals surface area contributed by atoms with Gasteiger partial charge in [-0.15, -0.1) is 11.3 Å². The van der Waals surface area contributed by atoms with Crippen LogP contribution in [-0.4, -0.2) is 23.2 Å². The molecule has 0 aliphatic heterocycles. The number of carboxylic acid groups (broad SMARTS) is 1. The minimum Gasteiger partial charge on any atom is -0.497 e. The van der Waals surface area contributed by atoms with Gasteiger partial charge >= 0.3 is 5.97 Å². The molecular formula is C13H14N2O3S. The van der Waals surface area contributed by atoms with Gasteiger partial charge < -0.3 is 15.6 Å². The van der Waals surface area contributed by atoms with Crippen molar-refractivity contribution in [2.75, 3.05) is 12.8 Å². The zero-order chi connectivity index (χ0) is 13.8. The zero-order valence-electron chi connectivity index (χ0n) is 10.4. The Kier molecular flexibility index (Phi) is 4.01. The number of carbonyl (C=O) groups is 1. The third kappa shape index (κ3) is 3.23. The number of hydrogen-bond acceptors (Lipinski definition) is 5. The Labute approximate surface area is 114 Å².